The van der Waals surface area contributed by atoms with Gasteiger partial charge in [-0.2, -0.15) is 0 Å². The van der Waals surface area contributed by atoms with Crippen molar-refractivity contribution in [1.29, 1.82) is 0 Å². The molecule has 1 rings (SSSR count). The average molecular weight is 407 g/mol. The topological polar surface area (TPSA) is 15.0 Å². The van der Waals surface area contributed by atoms with E-state index in [1.54, 1.807) is 6.08 Å². The van der Waals surface area contributed by atoms with E-state index in [9.17, 15) is 0 Å². The number of nitrogens with zero attached hydrogens (tertiary/aromatic N) is 1. The van der Waals surface area contributed by atoms with E-state index in [4.69, 9.17) is 0 Å². The van der Waals surface area contributed by atoms with E-state index in [1.807, 2.05) is 44.5 Å². The lowest BCUT2D eigenvalue weighted by molar-refractivity contribution is -0.438. The summed E-state index contributed by atoms with van der Waals surface area (Å²) in [5, 5.41) is 3.53. The zero-order valence-corrected chi connectivity index (χ0v) is 15.9. The Labute approximate surface area is 147 Å². The second kappa shape index (κ2) is 9.41. The highest BCUT2D eigenvalue weighted by molar-refractivity contribution is 14.1. The Hall–Kier alpha value is -1.62. The number of benzene rings is 1. The summed E-state index contributed by atoms with van der Waals surface area (Å²) in [5.74, 6) is 0. The van der Waals surface area contributed by atoms with Crippen molar-refractivity contribution in [3.8, 4) is 0 Å². The summed E-state index contributed by atoms with van der Waals surface area (Å²) in [6.07, 6.45) is 11.8. The molecule has 0 saturated heterocycles. The minimum atomic E-state index is 1.05. The van der Waals surface area contributed by atoms with Crippen LogP contribution in [0.25, 0.3) is 0 Å². The lowest BCUT2D eigenvalue weighted by atomic mass is 10.2. The molecule has 0 amide bonds. The summed E-state index contributed by atoms with van der Waals surface area (Å²) in [4.78, 5) is 0. The fourth-order valence-corrected chi connectivity index (χ4v) is 2.32. The monoisotopic (exact) mass is 407 g/mol. The van der Waals surface area contributed by atoms with Crippen LogP contribution in [-0.2, 0) is 0 Å². The van der Waals surface area contributed by atoms with Crippen molar-refractivity contribution >= 4 is 34.5 Å². The first kappa shape index (κ1) is 18.4. The molecular weight excluding hydrogens is 383 g/mol. The molecule has 0 fully saturated rings. The molecule has 0 saturated carbocycles. The predicted molar refractivity (Wildman–Crippen MR) is 107 cm³/mol. The largest absolute Gasteiger partial charge is 0.350 e. The fraction of sp³-hybridized carbons (Fsp3) is 0.211. The molecule has 0 aromatic heterocycles. The Morgan fingerprint density at radius 3 is 2.68 bits per heavy atom. The van der Waals surface area contributed by atoms with Gasteiger partial charge in [-0.1, -0.05) is 30.9 Å². The fourth-order valence-electron chi connectivity index (χ4n) is 1.82. The number of hydrogen-bond acceptors (Lipinski definition) is 1. The molecule has 0 atom stereocenters. The van der Waals surface area contributed by atoms with Crippen LogP contribution in [0.15, 0.2) is 66.6 Å². The molecular formula is C19H24IN2+. The minimum absolute atomic E-state index is 1.05. The van der Waals surface area contributed by atoms with Crippen LogP contribution in [0, 0.1) is 10.5 Å². The standard InChI is InChI=1S/C19H24IN2/c1-6-8-12-19(16(4)22(5)14-9-7-2)21-18-13-10-11-17(20)15(18)3/h6-14,21H,1H2,2-5H3/q+1/b9-7-,12-8-,19-16?,22-14?. The van der Waals surface area contributed by atoms with Crippen molar-refractivity contribution in [2.24, 2.45) is 0 Å². The first-order valence-corrected chi connectivity index (χ1v) is 8.30. The van der Waals surface area contributed by atoms with Crippen molar-refractivity contribution in [2.45, 2.75) is 20.8 Å². The quantitative estimate of drug-likeness (QED) is 0.294. The Balaban J connectivity index is 3.26. The van der Waals surface area contributed by atoms with E-state index in [1.165, 1.54) is 9.13 Å². The van der Waals surface area contributed by atoms with E-state index >= 15 is 0 Å². The predicted octanol–water partition coefficient (Wildman–Crippen LogP) is 5.27. The highest BCUT2D eigenvalue weighted by atomic mass is 127. The van der Waals surface area contributed by atoms with Gasteiger partial charge in [0.1, 0.15) is 12.7 Å². The van der Waals surface area contributed by atoms with Crippen LogP contribution in [0.5, 0.6) is 0 Å². The molecule has 2 nitrogen and oxygen atoms in total. The van der Waals surface area contributed by atoms with Gasteiger partial charge in [-0.3, -0.25) is 0 Å². The molecule has 0 aliphatic carbocycles. The molecule has 1 N–H and O–H groups in total. The molecule has 0 aliphatic rings. The van der Waals surface area contributed by atoms with Gasteiger partial charge >= 0.3 is 0 Å². The number of halogens is 1. The molecule has 0 radical (unpaired) electrons. The van der Waals surface area contributed by atoms with Crippen molar-refractivity contribution < 1.29 is 4.58 Å². The second-order valence-corrected chi connectivity index (χ2v) is 6.08. The maximum atomic E-state index is 3.75. The highest BCUT2D eigenvalue weighted by Crippen LogP contribution is 2.23. The van der Waals surface area contributed by atoms with Gasteiger partial charge < -0.3 is 5.32 Å². The molecule has 22 heavy (non-hydrogen) atoms. The number of rotatable bonds is 6. The third-order valence-corrected chi connectivity index (χ3v) is 4.53. The molecule has 0 bridgehead atoms. The molecule has 116 valence electrons. The second-order valence-electron chi connectivity index (χ2n) is 4.92. The van der Waals surface area contributed by atoms with Gasteiger partial charge in [-0.05, 0) is 66.3 Å². The number of allylic oxidation sites excluding steroid dienone is 6. The Morgan fingerprint density at radius 1 is 1.32 bits per heavy atom. The maximum Gasteiger partial charge on any atom is 0.201 e. The van der Waals surface area contributed by atoms with Gasteiger partial charge in [0.2, 0.25) is 5.70 Å². The van der Waals surface area contributed by atoms with Crippen LogP contribution in [-0.4, -0.2) is 17.8 Å². The van der Waals surface area contributed by atoms with E-state index in [2.05, 4.69) is 71.1 Å². The van der Waals surface area contributed by atoms with E-state index < -0.39 is 0 Å². The van der Waals surface area contributed by atoms with Crippen LogP contribution in [0.2, 0.25) is 0 Å². The third-order valence-electron chi connectivity index (χ3n) is 3.36. The first-order chi connectivity index (χ1) is 10.5. The highest BCUT2D eigenvalue weighted by Gasteiger charge is 2.10. The van der Waals surface area contributed by atoms with E-state index in [0.717, 1.165) is 17.1 Å². The summed E-state index contributed by atoms with van der Waals surface area (Å²) in [6.45, 7) is 9.99. The number of nitrogens with one attached hydrogen (secondary N) is 1. The third kappa shape index (κ3) is 5.30. The van der Waals surface area contributed by atoms with Crippen LogP contribution in [0.4, 0.5) is 5.69 Å². The van der Waals surface area contributed by atoms with Gasteiger partial charge in [0.25, 0.3) is 0 Å². The Bertz CT molecular complexity index is 649. The molecule has 0 aliphatic heterocycles. The summed E-state index contributed by atoms with van der Waals surface area (Å²) >= 11 is 2.36. The summed E-state index contributed by atoms with van der Waals surface area (Å²) < 4.78 is 3.35. The van der Waals surface area contributed by atoms with Crippen molar-refractivity contribution in [3.05, 3.63) is 75.7 Å². The van der Waals surface area contributed by atoms with Gasteiger partial charge in [-0.25, -0.2) is 4.58 Å². The van der Waals surface area contributed by atoms with Gasteiger partial charge in [0.05, 0.1) is 0 Å². The summed E-state index contributed by atoms with van der Waals surface area (Å²) in [6, 6.07) is 6.28. The molecule has 3 heteroatoms. The zero-order valence-electron chi connectivity index (χ0n) is 13.7. The maximum absolute atomic E-state index is 3.75. The molecule has 1 aromatic carbocycles. The van der Waals surface area contributed by atoms with Crippen LogP contribution < -0.4 is 5.32 Å². The lowest BCUT2D eigenvalue weighted by Crippen LogP contribution is -2.11. The van der Waals surface area contributed by atoms with Crippen molar-refractivity contribution in [2.75, 3.05) is 12.4 Å². The van der Waals surface area contributed by atoms with E-state index in [-0.39, 0.29) is 0 Å². The van der Waals surface area contributed by atoms with E-state index in [0.29, 0.717) is 0 Å². The summed E-state index contributed by atoms with van der Waals surface area (Å²) in [7, 11) is 2.04. The van der Waals surface area contributed by atoms with Crippen LogP contribution in [0.3, 0.4) is 0 Å². The number of anilines is 1. The normalized spacial score (nSPS) is 13.6. The number of hydrogen-bond donors (Lipinski definition) is 1. The zero-order chi connectivity index (χ0) is 16.5. The molecule has 0 unspecified atom stereocenters. The van der Waals surface area contributed by atoms with Gasteiger partial charge in [-0.15, -0.1) is 0 Å². The molecule has 1 aromatic rings. The lowest BCUT2D eigenvalue weighted by Gasteiger charge is -2.12. The van der Waals surface area contributed by atoms with Crippen molar-refractivity contribution in [1.82, 2.24) is 0 Å². The smallest absolute Gasteiger partial charge is 0.201 e. The SMILES string of the molecule is C=C/C=C\C(Nc1cccc(I)c1C)=C(C)[N+](C)=C/C=C\C. The van der Waals surface area contributed by atoms with Crippen LogP contribution in [0.1, 0.15) is 19.4 Å². The van der Waals surface area contributed by atoms with Crippen LogP contribution >= 0.6 is 22.6 Å². The van der Waals surface area contributed by atoms with Crippen molar-refractivity contribution in [3.63, 3.8) is 0 Å². The van der Waals surface area contributed by atoms with Gasteiger partial charge in [0.15, 0.2) is 6.21 Å². The summed E-state index contributed by atoms with van der Waals surface area (Å²) in [5.41, 5.74) is 4.55. The average Bonchev–Trinajstić information content (AvgIpc) is 2.52. The molecule has 0 spiro atoms. The first-order valence-electron chi connectivity index (χ1n) is 7.22. The Morgan fingerprint density at radius 2 is 2.05 bits per heavy atom. The Kier molecular flexibility index (Phi) is 7.88. The minimum Gasteiger partial charge on any atom is -0.350 e. The molecule has 0 heterocycles. The van der Waals surface area contributed by atoms with Gasteiger partial charge in [0, 0.05) is 16.2 Å².